The van der Waals surface area contributed by atoms with Gasteiger partial charge in [-0.3, -0.25) is 4.79 Å². The van der Waals surface area contributed by atoms with Gasteiger partial charge >= 0.3 is 0 Å². The predicted octanol–water partition coefficient (Wildman–Crippen LogP) is 1.45. The number of carbonyl (C=O) groups excluding carboxylic acids is 1. The first-order chi connectivity index (χ1) is 6.15. The molecule has 0 aromatic carbocycles. The Morgan fingerprint density at radius 3 is 2.92 bits per heavy atom. The van der Waals surface area contributed by atoms with Crippen LogP contribution in [0.25, 0.3) is 0 Å². The van der Waals surface area contributed by atoms with Gasteiger partial charge in [-0.1, -0.05) is 21.1 Å². The Morgan fingerprint density at radius 1 is 1.77 bits per heavy atom. The lowest BCUT2D eigenvalue weighted by atomic mass is 10.3. The van der Waals surface area contributed by atoms with Gasteiger partial charge in [-0.15, -0.1) is 0 Å². The Hall–Kier alpha value is -0.840. The number of alkyl halides is 1. The lowest BCUT2D eigenvalue weighted by molar-refractivity contribution is 0.0794. The average molecular weight is 247 g/mol. The molecule has 4 nitrogen and oxygen atoms in total. The minimum absolute atomic E-state index is 0.115. The molecule has 0 aliphatic heterocycles. The van der Waals surface area contributed by atoms with Crippen molar-refractivity contribution in [1.82, 2.24) is 10.1 Å². The quantitative estimate of drug-likeness (QED) is 0.759. The van der Waals surface area contributed by atoms with Gasteiger partial charge in [-0.2, -0.15) is 0 Å². The SMILES string of the molecule is Cc1cc(C(=O)N(C)CCBr)no1. The summed E-state index contributed by atoms with van der Waals surface area (Å²) in [6, 6.07) is 1.63. The molecule has 0 N–H and O–H groups in total. The zero-order chi connectivity index (χ0) is 9.84. The maximum atomic E-state index is 11.5. The molecule has 13 heavy (non-hydrogen) atoms. The lowest BCUT2D eigenvalue weighted by Gasteiger charge is -2.12. The van der Waals surface area contributed by atoms with Crippen molar-refractivity contribution in [3.8, 4) is 0 Å². The summed E-state index contributed by atoms with van der Waals surface area (Å²) in [4.78, 5) is 13.1. The van der Waals surface area contributed by atoms with E-state index < -0.39 is 0 Å². The van der Waals surface area contributed by atoms with Gasteiger partial charge in [0.15, 0.2) is 5.69 Å². The summed E-state index contributed by atoms with van der Waals surface area (Å²) in [5, 5.41) is 4.39. The van der Waals surface area contributed by atoms with E-state index in [1.54, 1.807) is 24.9 Å². The summed E-state index contributed by atoms with van der Waals surface area (Å²) in [5.41, 5.74) is 0.362. The Labute approximate surface area is 85.0 Å². The van der Waals surface area contributed by atoms with Gasteiger partial charge in [-0.25, -0.2) is 0 Å². The molecule has 0 fully saturated rings. The minimum Gasteiger partial charge on any atom is -0.361 e. The maximum absolute atomic E-state index is 11.5. The van der Waals surface area contributed by atoms with Gasteiger partial charge in [0.2, 0.25) is 0 Å². The summed E-state index contributed by atoms with van der Waals surface area (Å²) in [5.74, 6) is 0.534. The van der Waals surface area contributed by atoms with Crippen LogP contribution in [0, 0.1) is 6.92 Å². The van der Waals surface area contributed by atoms with Crippen LogP contribution in [0.1, 0.15) is 16.2 Å². The molecule has 0 atom stereocenters. The molecule has 0 bridgehead atoms. The summed E-state index contributed by atoms with van der Waals surface area (Å²) >= 11 is 3.26. The number of carbonyl (C=O) groups is 1. The van der Waals surface area contributed by atoms with Crippen LogP contribution >= 0.6 is 15.9 Å². The van der Waals surface area contributed by atoms with Gasteiger partial charge in [0.05, 0.1) is 0 Å². The molecule has 1 aromatic heterocycles. The Bertz CT molecular complexity index is 298. The molecule has 0 aliphatic rings. The van der Waals surface area contributed by atoms with Crippen LogP contribution in [0.5, 0.6) is 0 Å². The summed E-state index contributed by atoms with van der Waals surface area (Å²) in [6.45, 7) is 2.42. The number of aryl methyl sites for hydroxylation is 1. The molecule has 0 saturated carbocycles. The zero-order valence-electron chi connectivity index (χ0n) is 7.58. The van der Waals surface area contributed by atoms with E-state index in [0.717, 1.165) is 5.33 Å². The zero-order valence-corrected chi connectivity index (χ0v) is 9.17. The maximum Gasteiger partial charge on any atom is 0.275 e. The Balaban J connectivity index is 2.67. The van der Waals surface area contributed by atoms with Gasteiger partial charge in [0, 0.05) is 25.0 Å². The van der Waals surface area contributed by atoms with Crippen molar-refractivity contribution in [2.45, 2.75) is 6.92 Å². The van der Waals surface area contributed by atoms with Crippen molar-refractivity contribution < 1.29 is 9.32 Å². The number of nitrogens with zero attached hydrogens (tertiary/aromatic N) is 2. The molecule has 0 aliphatic carbocycles. The van der Waals surface area contributed by atoms with Crippen LogP contribution in [0.4, 0.5) is 0 Å². The van der Waals surface area contributed by atoms with Crippen molar-refractivity contribution in [2.24, 2.45) is 0 Å². The number of amides is 1. The van der Waals surface area contributed by atoms with E-state index in [1.165, 1.54) is 0 Å². The van der Waals surface area contributed by atoms with E-state index in [1.807, 2.05) is 0 Å². The first-order valence-corrected chi connectivity index (χ1v) is 5.02. The predicted molar refractivity (Wildman–Crippen MR) is 52.0 cm³/mol. The van der Waals surface area contributed by atoms with Crippen molar-refractivity contribution in [1.29, 1.82) is 0 Å². The molecule has 0 spiro atoms. The summed E-state index contributed by atoms with van der Waals surface area (Å²) < 4.78 is 4.80. The first kappa shape index (κ1) is 10.2. The van der Waals surface area contributed by atoms with Crippen LogP contribution in [-0.2, 0) is 0 Å². The number of rotatable bonds is 3. The highest BCUT2D eigenvalue weighted by Crippen LogP contribution is 2.04. The van der Waals surface area contributed by atoms with Gasteiger partial charge in [0.1, 0.15) is 5.76 Å². The fraction of sp³-hybridized carbons (Fsp3) is 0.500. The van der Waals surface area contributed by atoms with Crippen LogP contribution in [0.15, 0.2) is 10.6 Å². The van der Waals surface area contributed by atoms with Crippen LogP contribution in [0.2, 0.25) is 0 Å². The molecule has 0 unspecified atom stereocenters. The van der Waals surface area contributed by atoms with Crippen molar-refractivity contribution in [3.05, 3.63) is 17.5 Å². The molecule has 0 radical (unpaired) electrons. The van der Waals surface area contributed by atoms with E-state index in [9.17, 15) is 4.79 Å². The van der Waals surface area contributed by atoms with E-state index >= 15 is 0 Å². The Morgan fingerprint density at radius 2 is 2.46 bits per heavy atom. The molecule has 0 saturated heterocycles. The molecular formula is C8H11BrN2O2. The summed E-state index contributed by atoms with van der Waals surface area (Å²) in [6.07, 6.45) is 0. The second-order valence-corrected chi connectivity index (χ2v) is 3.53. The monoisotopic (exact) mass is 246 g/mol. The Kier molecular flexibility index (Phi) is 3.48. The highest BCUT2D eigenvalue weighted by Gasteiger charge is 2.14. The van der Waals surface area contributed by atoms with Crippen molar-refractivity contribution in [3.63, 3.8) is 0 Å². The minimum atomic E-state index is -0.115. The van der Waals surface area contributed by atoms with Crippen LogP contribution < -0.4 is 0 Å². The molecular weight excluding hydrogens is 236 g/mol. The topological polar surface area (TPSA) is 46.3 Å². The fourth-order valence-electron chi connectivity index (χ4n) is 0.891. The summed E-state index contributed by atoms with van der Waals surface area (Å²) in [7, 11) is 1.73. The fourth-order valence-corrected chi connectivity index (χ4v) is 1.42. The third kappa shape index (κ3) is 2.55. The number of aromatic nitrogens is 1. The van der Waals surface area contributed by atoms with Crippen LogP contribution in [0.3, 0.4) is 0 Å². The van der Waals surface area contributed by atoms with Crippen molar-refractivity contribution >= 4 is 21.8 Å². The highest BCUT2D eigenvalue weighted by atomic mass is 79.9. The normalized spacial score (nSPS) is 10.1. The van der Waals surface area contributed by atoms with Gasteiger partial charge in [-0.05, 0) is 6.92 Å². The van der Waals surface area contributed by atoms with Crippen molar-refractivity contribution in [2.75, 3.05) is 18.9 Å². The second kappa shape index (κ2) is 4.41. The molecule has 5 heteroatoms. The highest BCUT2D eigenvalue weighted by molar-refractivity contribution is 9.09. The van der Waals surface area contributed by atoms with E-state index in [0.29, 0.717) is 18.0 Å². The average Bonchev–Trinajstić information content (AvgIpc) is 2.51. The van der Waals surface area contributed by atoms with E-state index in [4.69, 9.17) is 4.52 Å². The first-order valence-electron chi connectivity index (χ1n) is 3.90. The van der Waals surface area contributed by atoms with Gasteiger partial charge < -0.3 is 9.42 Å². The number of hydrogen-bond donors (Lipinski definition) is 0. The van der Waals surface area contributed by atoms with E-state index in [-0.39, 0.29) is 5.91 Å². The van der Waals surface area contributed by atoms with Crippen LogP contribution in [-0.4, -0.2) is 34.9 Å². The number of hydrogen-bond acceptors (Lipinski definition) is 3. The smallest absolute Gasteiger partial charge is 0.275 e. The third-order valence-corrected chi connectivity index (χ3v) is 1.97. The third-order valence-electron chi connectivity index (χ3n) is 1.61. The largest absolute Gasteiger partial charge is 0.361 e. The lowest BCUT2D eigenvalue weighted by Crippen LogP contribution is -2.28. The molecule has 1 aromatic rings. The second-order valence-electron chi connectivity index (χ2n) is 2.74. The molecule has 72 valence electrons. The molecule has 1 rings (SSSR count). The standard InChI is InChI=1S/C8H11BrN2O2/c1-6-5-7(10-13-6)8(12)11(2)4-3-9/h5H,3-4H2,1-2H3. The van der Waals surface area contributed by atoms with E-state index in [2.05, 4.69) is 21.1 Å². The number of halogens is 1. The molecule has 1 amide bonds. The van der Waals surface area contributed by atoms with Gasteiger partial charge in [0.25, 0.3) is 5.91 Å². The molecule has 1 heterocycles.